The number of aryl methyl sites for hydroxylation is 1. The lowest BCUT2D eigenvalue weighted by Crippen LogP contribution is -2.40. The number of hydrogen-bond acceptors (Lipinski definition) is 2. The monoisotopic (exact) mass is 340 g/mol. The maximum atomic E-state index is 5.62. The third-order valence-corrected chi connectivity index (χ3v) is 5.16. The van der Waals surface area contributed by atoms with Crippen LogP contribution >= 0.6 is 12.2 Å². The summed E-state index contributed by atoms with van der Waals surface area (Å²) in [4.78, 5) is 2.21. The van der Waals surface area contributed by atoms with Crippen molar-refractivity contribution in [2.45, 2.75) is 31.8 Å². The standard InChI is InChI=1S/C20H24N2OS/c1-22(19-9-5-7-16-6-3-4-8-18(16)19)20(24)21-14-15-10-12-17(23-2)13-11-15/h3-4,6,8,10-13,19H,5,7,9,14H2,1-2H3,(H,21,24)/t19-/m1/s1. The number of nitrogens with zero attached hydrogens (tertiary/aromatic N) is 1. The number of methoxy groups -OCH3 is 1. The topological polar surface area (TPSA) is 24.5 Å². The predicted molar refractivity (Wildman–Crippen MR) is 102 cm³/mol. The highest BCUT2D eigenvalue weighted by Crippen LogP contribution is 2.33. The van der Waals surface area contributed by atoms with Crippen LogP contribution in [0.4, 0.5) is 0 Å². The van der Waals surface area contributed by atoms with Gasteiger partial charge in [-0.2, -0.15) is 0 Å². The van der Waals surface area contributed by atoms with Crippen LogP contribution in [0.25, 0.3) is 0 Å². The summed E-state index contributed by atoms with van der Waals surface area (Å²) in [6.07, 6.45) is 3.54. The van der Waals surface area contributed by atoms with Crippen LogP contribution in [0, 0.1) is 0 Å². The fraction of sp³-hybridized carbons (Fsp3) is 0.350. The molecular weight excluding hydrogens is 316 g/mol. The molecular formula is C20H24N2OS. The lowest BCUT2D eigenvalue weighted by molar-refractivity contribution is 0.328. The van der Waals surface area contributed by atoms with Crippen LogP contribution in [0.5, 0.6) is 5.75 Å². The van der Waals surface area contributed by atoms with Gasteiger partial charge < -0.3 is 15.0 Å². The van der Waals surface area contributed by atoms with E-state index in [2.05, 4.69) is 53.7 Å². The number of nitrogens with one attached hydrogen (secondary N) is 1. The van der Waals surface area contributed by atoms with Gasteiger partial charge in [0.25, 0.3) is 0 Å². The second-order valence-electron chi connectivity index (χ2n) is 6.22. The maximum Gasteiger partial charge on any atom is 0.169 e. The van der Waals surface area contributed by atoms with E-state index >= 15 is 0 Å². The quantitative estimate of drug-likeness (QED) is 0.848. The fourth-order valence-corrected chi connectivity index (χ4v) is 3.52. The van der Waals surface area contributed by atoms with Crippen molar-refractivity contribution in [2.24, 2.45) is 0 Å². The molecule has 0 amide bonds. The van der Waals surface area contributed by atoms with Gasteiger partial charge in [-0.25, -0.2) is 0 Å². The zero-order chi connectivity index (χ0) is 16.9. The normalized spacial score (nSPS) is 16.2. The molecule has 4 heteroatoms. The summed E-state index contributed by atoms with van der Waals surface area (Å²) in [7, 11) is 3.77. The van der Waals surface area contributed by atoms with Gasteiger partial charge in [0.2, 0.25) is 0 Å². The minimum Gasteiger partial charge on any atom is -0.497 e. The van der Waals surface area contributed by atoms with Crippen LogP contribution < -0.4 is 10.1 Å². The highest BCUT2D eigenvalue weighted by atomic mass is 32.1. The van der Waals surface area contributed by atoms with E-state index in [4.69, 9.17) is 17.0 Å². The van der Waals surface area contributed by atoms with Gasteiger partial charge in [-0.15, -0.1) is 0 Å². The first-order valence-electron chi connectivity index (χ1n) is 8.40. The van der Waals surface area contributed by atoms with Gasteiger partial charge in [0, 0.05) is 13.6 Å². The number of rotatable bonds is 4. The molecule has 126 valence electrons. The van der Waals surface area contributed by atoms with E-state index in [9.17, 15) is 0 Å². The van der Waals surface area contributed by atoms with Gasteiger partial charge in [0.05, 0.1) is 13.2 Å². The molecule has 1 atom stereocenters. The molecule has 0 unspecified atom stereocenters. The number of benzene rings is 2. The minimum atomic E-state index is 0.366. The summed E-state index contributed by atoms with van der Waals surface area (Å²) in [6, 6.07) is 17.2. The van der Waals surface area contributed by atoms with Crippen LogP contribution in [0.3, 0.4) is 0 Å². The maximum absolute atomic E-state index is 5.62. The Kier molecular flexibility index (Phi) is 5.36. The number of fused-ring (bicyclic) bond motifs is 1. The van der Waals surface area contributed by atoms with Crippen molar-refractivity contribution in [1.82, 2.24) is 10.2 Å². The van der Waals surface area contributed by atoms with Crippen molar-refractivity contribution in [3.8, 4) is 5.75 Å². The van der Waals surface area contributed by atoms with E-state index in [-0.39, 0.29) is 0 Å². The molecule has 0 radical (unpaired) electrons. The smallest absolute Gasteiger partial charge is 0.169 e. The molecule has 1 aliphatic rings. The Labute approximate surface area is 149 Å². The summed E-state index contributed by atoms with van der Waals surface area (Å²) in [5.41, 5.74) is 4.06. The van der Waals surface area contributed by atoms with Gasteiger partial charge in [-0.05, 0) is 60.3 Å². The molecule has 0 heterocycles. The lowest BCUT2D eigenvalue weighted by Gasteiger charge is -2.35. The van der Waals surface area contributed by atoms with E-state index in [1.54, 1.807) is 7.11 Å². The number of hydrogen-bond donors (Lipinski definition) is 1. The number of ether oxygens (including phenoxy) is 1. The Morgan fingerprint density at radius 1 is 1.21 bits per heavy atom. The van der Waals surface area contributed by atoms with E-state index in [0.717, 1.165) is 23.8 Å². The Morgan fingerprint density at radius 2 is 1.96 bits per heavy atom. The Balaban J connectivity index is 1.62. The minimum absolute atomic E-state index is 0.366. The Hall–Kier alpha value is -2.07. The van der Waals surface area contributed by atoms with E-state index in [1.807, 2.05) is 12.1 Å². The second-order valence-corrected chi connectivity index (χ2v) is 6.61. The Morgan fingerprint density at radius 3 is 2.71 bits per heavy atom. The van der Waals surface area contributed by atoms with E-state index in [0.29, 0.717) is 6.04 Å². The van der Waals surface area contributed by atoms with Crippen LogP contribution in [0.2, 0.25) is 0 Å². The largest absolute Gasteiger partial charge is 0.497 e. The van der Waals surface area contributed by atoms with Crippen molar-refractivity contribution in [2.75, 3.05) is 14.2 Å². The first kappa shape index (κ1) is 16.8. The third kappa shape index (κ3) is 3.70. The molecule has 3 rings (SSSR count). The van der Waals surface area contributed by atoms with Gasteiger partial charge in [0.15, 0.2) is 5.11 Å². The van der Waals surface area contributed by atoms with Crippen molar-refractivity contribution in [1.29, 1.82) is 0 Å². The molecule has 0 aliphatic heterocycles. The highest BCUT2D eigenvalue weighted by molar-refractivity contribution is 7.80. The van der Waals surface area contributed by atoms with Crippen molar-refractivity contribution >= 4 is 17.3 Å². The van der Waals surface area contributed by atoms with E-state index in [1.165, 1.54) is 29.5 Å². The fourth-order valence-electron chi connectivity index (χ4n) is 3.32. The van der Waals surface area contributed by atoms with Gasteiger partial charge in [-0.3, -0.25) is 0 Å². The molecule has 0 saturated carbocycles. The molecule has 24 heavy (non-hydrogen) atoms. The molecule has 0 fully saturated rings. The van der Waals surface area contributed by atoms with Crippen molar-refractivity contribution in [3.05, 3.63) is 65.2 Å². The summed E-state index contributed by atoms with van der Waals surface area (Å²) < 4.78 is 5.19. The molecule has 0 aromatic heterocycles. The van der Waals surface area contributed by atoms with Gasteiger partial charge >= 0.3 is 0 Å². The van der Waals surface area contributed by atoms with Gasteiger partial charge in [-0.1, -0.05) is 36.4 Å². The molecule has 3 nitrogen and oxygen atoms in total. The average Bonchev–Trinajstić information content (AvgIpc) is 2.65. The first-order chi connectivity index (χ1) is 11.7. The molecule has 1 aliphatic carbocycles. The Bertz CT molecular complexity index is 699. The first-order valence-corrected chi connectivity index (χ1v) is 8.81. The second kappa shape index (κ2) is 7.67. The lowest BCUT2D eigenvalue weighted by atomic mass is 9.87. The predicted octanol–water partition coefficient (Wildman–Crippen LogP) is 4.08. The van der Waals surface area contributed by atoms with Gasteiger partial charge in [0.1, 0.15) is 5.75 Å². The molecule has 0 spiro atoms. The highest BCUT2D eigenvalue weighted by Gasteiger charge is 2.24. The molecule has 2 aromatic rings. The SMILES string of the molecule is COc1ccc(CNC(=S)N(C)[C@@H]2CCCc3ccccc32)cc1. The van der Waals surface area contributed by atoms with Crippen LogP contribution in [0.15, 0.2) is 48.5 Å². The van der Waals surface area contributed by atoms with Crippen molar-refractivity contribution in [3.63, 3.8) is 0 Å². The summed E-state index contributed by atoms with van der Waals surface area (Å²) >= 11 is 5.62. The molecule has 2 aromatic carbocycles. The van der Waals surface area contributed by atoms with E-state index < -0.39 is 0 Å². The zero-order valence-electron chi connectivity index (χ0n) is 14.3. The van der Waals surface area contributed by atoms with Crippen LogP contribution in [-0.2, 0) is 13.0 Å². The van der Waals surface area contributed by atoms with Crippen molar-refractivity contribution < 1.29 is 4.74 Å². The third-order valence-electron chi connectivity index (χ3n) is 4.73. The summed E-state index contributed by atoms with van der Waals surface area (Å²) in [5, 5.41) is 4.18. The average molecular weight is 340 g/mol. The number of thiocarbonyl (C=S) groups is 1. The summed E-state index contributed by atoms with van der Waals surface area (Å²) in [6.45, 7) is 0.724. The summed E-state index contributed by atoms with van der Waals surface area (Å²) in [5.74, 6) is 0.872. The molecule has 0 saturated heterocycles. The molecule has 0 bridgehead atoms. The van der Waals surface area contributed by atoms with Crippen LogP contribution in [-0.4, -0.2) is 24.2 Å². The van der Waals surface area contributed by atoms with Crippen LogP contribution in [0.1, 0.15) is 35.6 Å². The zero-order valence-corrected chi connectivity index (χ0v) is 15.1. The molecule has 1 N–H and O–H groups in total.